The van der Waals surface area contributed by atoms with Crippen LogP contribution in [0.15, 0.2) is 40.9 Å². The third-order valence-electron chi connectivity index (χ3n) is 4.21. The minimum atomic E-state index is 0.00154. The minimum Gasteiger partial charge on any atom is -0.361 e. The Hall–Kier alpha value is -2.10. The van der Waals surface area contributed by atoms with Crippen molar-refractivity contribution in [1.82, 2.24) is 10.1 Å². The van der Waals surface area contributed by atoms with Gasteiger partial charge in [-0.25, -0.2) is 0 Å². The first kappa shape index (κ1) is 14.8. The molecule has 0 aliphatic carbocycles. The largest absolute Gasteiger partial charge is 0.361 e. The van der Waals surface area contributed by atoms with Crippen LogP contribution >= 0.6 is 0 Å². The van der Waals surface area contributed by atoms with Gasteiger partial charge in [-0.2, -0.15) is 0 Å². The molecule has 4 nitrogen and oxygen atoms in total. The SMILES string of the molecule is CCCc1cc(C(=O)N2CC[C@@H](Cc3ccccc3)C2)no1. The van der Waals surface area contributed by atoms with Crippen LogP contribution in [0, 0.1) is 5.92 Å². The number of rotatable bonds is 5. The van der Waals surface area contributed by atoms with Gasteiger partial charge in [0.1, 0.15) is 5.76 Å². The molecule has 1 aromatic carbocycles. The van der Waals surface area contributed by atoms with Crippen molar-refractivity contribution in [2.45, 2.75) is 32.6 Å². The maximum absolute atomic E-state index is 12.5. The van der Waals surface area contributed by atoms with E-state index >= 15 is 0 Å². The van der Waals surface area contributed by atoms with E-state index in [9.17, 15) is 4.79 Å². The van der Waals surface area contributed by atoms with Crippen LogP contribution in [0.5, 0.6) is 0 Å². The number of amides is 1. The summed E-state index contributed by atoms with van der Waals surface area (Å²) in [5.41, 5.74) is 1.79. The highest BCUT2D eigenvalue weighted by Gasteiger charge is 2.28. The lowest BCUT2D eigenvalue weighted by atomic mass is 9.99. The van der Waals surface area contributed by atoms with Crippen LogP contribution in [-0.2, 0) is 12.8 Å². The van der Waals surface area contributed by atoms with E-state index in [2.05, 4.69) is 36.3 Å². The fourth-order valence-corrected chi connectivity index (χ4v) is 3.07. The second-order valence-corrected chi connectivity index (χ2v) is 6.02. The Bertz CT molecular complexity index is 621. The van der Waals surface area contributed by atoms with Gasteiger partial charge in [-0.15, -0.1) is 0 Å². The van der Waals surface area contributed by atoms with Crippen molar-refractivity contribution >= 4 is 5.91 Å². The fraction of sp³-hybridized carbons (Fsp3) is 0.444. The molecule has 2 aromatic rings. The highest BCUT2D eigenvalue weighted by Crippen LogP contribution is 2.22. The molecule has 1 aromatic heterocycles. The van der Waals surface area contributed by atoms with Gasteiger partial charge in [-0.3, -0.25) is 4.79 Å². The molecule has 3 rings (SSSR count). The Morgan fingerprint density at radius 1 is 1.36 bits per heavy atom. The molecule has 0 unspecified atom stereocenters. The molecule has 0 spiro atoms. The molecule has 22 heavy (non-hydrogen) atoms. The van der Waals surface area contributed by atoms with Crippen molar-refractivity contribution in [3.05, 3.63) is 53.4 Å². The summed E-state index contributed by atoms with van der Waals surface area (Å²) in [6.45, 7) is 3.70. The van der Waals surface area contributed by atoms with Crippen LogP contribution < -0.4 is 0 Å². The third-order valence-corrected chi connectivity index (χ3v) is 4.21. The Balaban J connectivity index is 1.58. The highest BCUT2D eigenvalue weighted by molar-refractivity contribution is 5.92. The number of aromatic nitrogens is 1. The molecule has 4 heteroatoms. The number of carbonyl (C=O) groups is 1. The number of aryl methyl sites for hydroxylation is 1. The number of benzene rings is 1. The molecule has 1 saturated heterocycles. The zero-order valence-corrected chi connectivity index (χ0v) is 13.0. The molecule has 116 valence electrons. The molecule has 0 radical (unpaired) electrons. The van der Waals surface area contributed by atoms with Gasteiger partial charge in [0, 0.05) is 25.6 Å². The number of nitrogens with zero attached hydrogens (tertiary/aromatic N) is 2. The van der Waals surface area contributed by atoms with Gasteiger partial charge in [0.2, 0.25) is 0 Å². The predicted molar refractivity (Wildman–Crippen MR) is 84.7 cm³/mol. The monoisotopic (exact) mass is 298 g/mol. The Kier molecular flexibility index (Phi) is 4.56. The average Bonchev–Trinajstić information content (AvgIpc) is 3.18. The number of likely N-dealkylation sites (tertiary alicyclic amines) is 1. The average molecular weight is 298 g/mol. The van der Waals surface area contributed by atoms with Gasteiger partial charge in [-0.05, 0) is 30.7 Å². The summed E-state index contributed by atoms with van der Waals surface area (Å²) in [6.07, 6.45) is 3.91. The zero-order valence-electron chi connectivity index (χ0n) is 13.0. The molecule has 1 atom stereocenters. The maximum atomic E-state index is 12.5. The van der Waals surface area contributed by atoms with Gasteiger partial charge >= 0.3 is 0 Å². The highest BCUT2D eigenvalue weighted by atomic mass is 16.5. The van der Waals surface area contributed by atoms with Crippen LogP contribution in [0.4, 0.5) is 0 Å². The van der Waals surface area contributed by atoms with Crippen molar-refractivity contribution in [2.75, 3.05) is 13.1 Å². The number of hydrogen-bond donors (Lipinski definition) is 0. The van der Waals surface area contributed by atoms with Crippen LogP contribution in [0.2, 0.25) is 0 Å². The van der Waals surface area contributed by atoms with E-state index < -0.39 is 0 Å². The van der Waals surface area contributed by atoms with Crippen LogP contribution in [0.3, 0.4) is 0 Å². The molecule has 0 N–H and O–H groups in total. The predicted octanol–water partition coefficient (Wildman–Crippen LogP) is 3.33. The molecular formula is C18H22N2O2. The topological polar surface area (TPSA) is 46.3 Å². The van der Waals surface area contributed by atoms with Crippen molar-refractivity contribution < 1.29 is 9.32 Å². The Morgan fingerprint density at radius 3 is 2.95 bits per heavy atom. The van der Waals surface area contributed by atoms with Gasteiger partial charge in [0.15, 0.2) is 5.69 Å². The van der Waals surface area contributed by atoms with Crippen LogP contribution in [-0.4, -0.2) is 29.1 Å². The van der Waals surface area contributed by atoms with E-state index in [1.807, 2.05) is 11.0 Å². The summed E-state index contributed by atoms with van der Waals surface area (Å²) in [4.78, 5) is 14.4. The molecule has 1 amide bonds. The summed E-state index contributed by atoms with van der Waals surface area (Å²) in [5.74, 6) is 1.33. The first-order valence-corrected chi connectivity index (χ1v) is 8.05. The minimum absolute atomic E-state index is 0.00154. The molecule has 1 fully saturated rings. The van der Waals surface area contributed by atoms with E-state index in [1.165, 1.54) is 5.56 Å². The fourth-order valence-electron chi connectivity index (χ4n) is 3.07. The third kappa shape index (κ3) is 3.38. The van der Waals surface area contributed by atoms with E-state index in [-0.39, 0.29) is 5.91 Å². The summed E-state index contributed by atoms with van der Waals surface area (Å²) in [7, 11) is 0. The Labute approximate surface area is 131 Å². The molecule has 0 bridgehead atoms. The number of hydrogen-bond acceptors (Lipinski definition) is 3. The van der Waals surface area contributed by atoms with Gasteiger partial charge in [0.05, 0.1) is 0 Å². The van der Waals surface area contributed by atoms with Crippen LogP contribution in [0.1, 0.15) is 41.6 Å². The lowest BCUT2D eigenvalue weighted by molar-refractivity contribution is 0.0776. The molecule has 1 aliphatic heterocycles. The maximum Gasteiger partial charge on any atom is 0.276 e. The molecular weight excluding hydrogens is 276 g/mol. The first-order valence-electron chi connectivity index (χ1n) is 8.05. The second kappa shape index (κ2) is 6.77. The van der Waals surface area contributed by atoms with Gasteiger partial charge in [0.25, 0.3) is 5.91 Å². The molecule has 0 saturated carbocycles. The van der Waals surface area contributed by atoms with E-state index in [0.29, 0.717) is 11.6 Å². The van der Waals surface area contributed by atoms with E-state index in [0.717, 1.165) is 44.5 Å². The second-order valence-electron chi connectivity index (χ2n) is 6.02. The zero-order chi connectivity index (χ0) is 15.4. The van der Waals surface area contributed by atoms with Crippen LogP contribution in [0.25, 0.3) is 0 Å². The summed E-state index contributed by atoms with van der Waals surface area (Å²) in [6, 6.07) is 12.3. The van der Waals surface area contributed by atoms with E-state index in [1.54, 1.807) is 6.07 Å². The summed E-state index contributed by atoms with van der Waals surface area (Å²) >= 11 is 0. The van der Waals surface area contributed by atoms with Gasteiger partial charge < -0.3 is 9.42 Å². The van der Waals surface area contributed by atoms with Crippen molar-refractivity contribution in [3.8, 4) is 0 Å². The first-order chi connectivity index (χ1) is 10.8. The smallest absolute Gasteiger partial charge is 0.276 e. The van der Waals surface area contributed by atoms with Crippen molar-refractivity contribution in [2.24, 2.45) is 5.92 Å². The standard InChI is InChI=1S/C18H22N2O2/c1-2-6-16-12-17(19-22-16)18(21)20-10-9-15(13-20)11-14-7-4-3-5-8-14/h3-5,7-8,12,15H,2,6,9-11,13H2,1H3/t15-/m0/s1. The van der Waals surface area contributed by atoms with Gasteiger partial charge in [-0.1, -0.05) is 42.4 Å². The lowest BCUT2D eigenvalue weighted by Crippen LogP contribution is -2.29. The van der Waals surface area contributed by atoms with Crippen molar-refractivity contribution in [1.29, 1.82) is 0 Å². The Morgan fingerprint density at radius 2 is 2.18 bits per heavy atom. The normalized spacial score (nSPS) is 17.9. The number of carbonyl (C=O) groups excluding carboxylic acids is 1. The van der Waals surface area contributed by atoms with Crippen molar-refractivity contribution in [3.63, 3.8) is 0 Å². The lowest BCUT2D eigenvalue weighted by Gasteiger charge is -2.14. The summed E-state index contributed by atoms with van der Waals surface area (Å²) in [5, 5.41) is 3.92. The molecule has 1 aliphatic rings. The molecule has 2 heterocycles. The van der Waals surface area contributed by atoms with E-state index in [4.69, 9.17) is 4.52 Å². The summed E-state index contributed by atoms with van der Waals surface area (Å²) < 4.78 is 5.21. The quantitative estimate of drug-likeness (QED) is 0.850.